The lowest BCUT2D eigenvalue weighted by atomic mass is 9.96. The molecule has 4 rings (SSSR count). The molecule has 0 amide bonds. The Morgan fingerprint density at radius 2 is 1.85 bits per heavy atom. The van der Waals surface area contributed by atoms with E-state index in [4.69, 9.17) is 4.74 Å². The number of morpholine rings is 1. The summed E-state index contributed by atoms with van der Waals surface area (Å²) in [6, 6.07) is 15.1. The van der Waals surface area contributed by atoms with E-state index >= 15 is 0 Å². The van der Waals surface area contributed by atoms with Crippen LogP contribution in [0.25, 0.3) is 0 Å². The average Bonchev–Trinajstić information content (AvgIpc) is 2.71. The molecule has 1 N–H and O–H groups in total. The fourth-order valence-electron chi connectivity index (χ4n) is 4.27. The van der Waals surface area contributed by atoms with Crippen molar-refractivity contribution in [2.45, 2.75) is 37.6 Å². The van der Waals surface area contributed by atoms with Crippen LogP contribution in [0.4, 0.5) is 0 Å². The van der Waals surface area contributed by atoms with Crippen LogP contribution in [-0.2, 0) is 11.3 Å². The molecule has 2 aromatic rings. The van der Waals surface area contributed by atoms with Crippen molar-refractivity contribution in [1.82, 2.24) is 14.8 Å². The van der Waals surface area contributed by atoms with Crippen LogP contribution in [0.1, 0.15) is 30.0 Å². The van der Waals surface area contributed by atoms with Gasteiger partial charge in [0.1, 0.15) is 0 Å². The van der Waals surface area contributed by atoms with Crippen molar-refractivity contribution in [2.75, 3.05) is 32.8 Å². The normalized spacial score (nSPS) is 25.5. The lowest BCUT2D eigenvalue weighted by molar-refractivity contribution is -0.0915. The summed E-state index contributed by atoms with van der Waals surface area (Å²) in [4.78, 5) is 9.25. The van der Waals surface area contributed by atoms with Gasteiger partial charge in [0.25, 0.3) is 0 Å². The third-order valence-corrected chi connectivity index (χ3v) is 5.70. The minimum absolute atomic E-state index is 0.132. The van der Waals surface area contributed by atoms with Gasteiger partial charge in [-0.3, -0.25) is 9.88 Å². The molecule has 2 atom stereocenters. The third-order valence-electron chi connectivity index (χ3n) is 5.70. The van der Waals surface area contributed by atoms with E-state index in [2.05, 4.69) is 51.2 Å². The summed E-state index contributed by atoms with van der Waals surface area (Å²) >= 11 is 0. The summed E-state index contributed by atoms with van der Waals surface area (Å²) in [5, 5.41) is 9.80. The van der Waals surface area contributed by atoms with Crippen LogP contribution in [0, 0.1) is 0 Å². The number of aliphatic hydroxyl groups excluding tert-OH is 1. The molecular weight excluding hydrogens is 338 g/mol. The first-order valence-electron chi connectivity index (χ1n) is 9.99. The summed E-state index contributed by atoms with van der Waals surface area (Å²) in [5.74, 6) is 0. The summed E-state index contributed by atoms with van der Waals surface area (Å²) < 4.78 is 6.28. The highest BCUT2D eigenvalue weighted by atomic mass is 16.5. The summed E-state index contributed by atoms with van der Waals surface area (Å²) in [7, 11) is 0. The van der Waals surface area contributed by atoms with Gasteiger partial charge in [-0.05, 0) is 30.0 Å². The first-order chi connectivity index (χ1) is 13.3. The molecule has 0 spiro atoms. The Hall–Kier alpha value is -1.79. The summed E-state index contributed by atoms with van der Waals surface area (Å²) in [6.07, 6.45) is 5.50. The van der Waals surface area contributed by atoms with Crippen LogP contribution >= 0.6 is 0 Å². The van der Waals surface area contributed by atoms with Crippen molar-refractivity contribution >= 4 is 0 Å². The largest absolute Gasteiger partial charge is 0.393 e. The second-order valence-electron chi connectivity index (χ2n) is 7.63. The van der Waals surface area contributed by atoms with Crippen molar-refractivity contribution in [3.63, 3.8) is 0 Å². The summed E-state index contributed by atoms with van der Waals surface area (Å²) in [5.41, 5.74) is 2.54. The number of likely N-dealkylation sites (tertiary alicyclic amines) is 1. The van der Waals surface area contributed by atoms with Gasteiger partial charge in [-0.2, -0.15) is 0 Å². The number of rotatable bonds is 5. The van der Waals surface area contributed by atoms with E-state index in [0.29, 0.717) is 0 Å². The molecule has 0 radical (unpaired) electrons. The molecule has 144 valence electrons. The Labute approximate surface area is 161 Å². The van der Waals surface area contributed by atoms with E-state index in [0.717, 1.165) is 52.2 Å². The zero-order valence-electron chi connectivity index (χ0n) is 15.8. The molecule has 1 aromatic carbocycles. The van der Waals surface area contributed by atoms with Crippen molar-refractivity contribution in [3.8, 4) is 0 Å². The number of hydrogen-bond donors (Lipinski definition) is 1. The van der Waals surface area contributed by atoms with Crippen LogP contribution in [0.3, 0.4) is 0 Å². The van der Waals surface area contributed by atoms with Gasteiger partial charge >= 0.3 is 0 Å². The molecule has 0 bridgehead atoms. The second-order valence-corrected chi connectivity index (χ2v) is 7.63. The molecule has 3 heterocycles. The Morgan fingerprint density at radius 1 is 1.04 bits per heavy atom. The maximum atomic E-state index is 9.80. The molecule has 2 fully saturated rings. The molecule has 2 aliphatic rings. The highest BCUT2D eigenvalue weighted by molar-refractivity contribution is 5.22. The number of nitrogens with zero attached hydrogens (tertiary/aromatic N) is 3. The number of pyridine rings is 1. The maximum Gasteiger partial charge on any atom is 0.0899 e. The molecule has 0 saturated carbocycles. The Kier molecular flexibility index (Phi) is 6.14. The van der Waals surface area contributed by atoms with E-state index < -0.39 is 0 Å². The van der Waals surface area contributed by atoms with Crippen LogP contribution in [0.5, 0.6) is 0 Å². The van der Waals surface area contributed by atoms with Gasteiger partial charge in [-0.15, -0.1) is 0 Å². The van der Waals surface area contributed by atoms with E-state index in [1.807, 2.05) is 18.5 Å². The minimum Gasteiger partial charge on any atom is -0.393 e. The van der Waals surface area contributed by atoms with Gasteiger partial charge in [0, 0.05) is 45.1 Å². The lowest BCUT2D eigenvalue weighted by Crippen LogP contribution is -2.50. The van der Waals surface area contributed by atoms with Crippen molar-refractivity contribution in [2.24, 2.45) is 0 Å². The van der Waals surface area contributed by atoms with Gasteiger partial charge in [0.05, 0.1) is 24.9 Å². The molecule has 2 aliphatic heterocycles. The van der Waals surface area contributed by atoms with E-state index in [-0.39, 0.29) is 18.2 Å². The predicted octanol–water partition coefficient (Wildman–Crippen LogP) is 2.48. The molecular formula is C22H29N3O2. The quantitative estimate of drug-likeness (QED) is 0.880. The lowest BCUT2D eigenvalue weighted by Gasteiger charge is -2.44. The average molecular weight is 367 g/mol. The topological polar surface area (TPSA) is 48.8 Å². The zero-order chi connectivity index (χ0) is 18.5. The first kappa shape index (κ1) is 18.6. The van der Waals surface area contributed by atoms with Gasteiger partial charge in [0.2, 0.25) is 0 Å². The first-order valence-corrected chi connectivity index (χ1v) is 9.99. The number of hydrogen-bond acceptors (Lipinski definition) is 5. The molecule has 1 aromatic heterocycles. The van der Waals surface area contributed by atoms with Crippen LogP contribution in [0.15, 0.2) is 54.9 Å². The summed E-state index contributed by atoms with van der Waals surface area (Å²) in [6.45, 7) is 5.37. The second kappa shape index (κ2) is 8.93. The fourth-order valence-corrected chi connectivity index (χ4v) is 4.27. The van der Waals surface area contributed by atoms with Crippen molar-refractivity contribution in [3.05, 3.63) is 66.0 Å². The van der Waals surface area contributed by atoms with Gasteiger partial charge < -0.3 is 14.7 Å². The van der Waals surface area contributed by atoms with E-state index in [1.165, 1.54) is 11.1 Å². The van der Waals surface area contributed by atoms with E-state index in [1.54, 1.807) is 0 Å². The minimum atomic E-state index is -0.138. The number of ether oxygens (including phenoxy) is 1. The van der Waals surface area contributed by atoms with Gasteiger partial charge in [-0.1, -0.05) is 36.4 Å². The number of aromatic nitrogens is 1. The van der Waals surface area contributed by atoms with Gasteiger partial charge in [0.15, 0.2) is 0 Å². The molecule has 0 aliphatic carbocycles. The monoisotopic (exact) mass is 367 g/mol. The molecule has 0 unspecified atom stereocenters. The molecule has 2 saturated heterocycles. The number of benzene rings is 1. The molecule has 5 heteroatoms. The van der Waals surface area contributed by atoms with Crippen LogP contribution in [-0.4, -0.2) is 64.9 Å². The maximum absolute atomic E-state index is 9.80. The Morgan fingerprint density at radius 3 is 2.59 bits per heavy atom. The standard InChI is InChI=1S/C22H29N3O2/c26-20-8-11-24(12-9-20)17-21-22(19-6-2-1-3-7-19)25(13-14-27-21)16-18-5-4-10-23-15-18/h1-7,10,15,20-22,26H,8-9,11-14,16-17H2/t21-,22-/m0/s1. The molecule has 5 nitrogen and oxygen atoms in total. The Bertz CT molecular complexity index is 689. The van der Waals surface area contributed by atoms with Crippen molar-refractivity contribution < 1.29 is 9.84 Å². The number of aliphatic hydroxyl groups is 1. The Balaban J connectivity index is 1.53. The highest BCUT2D eigenvalue weighted by Gasteiger charge is 2.35. The predicted molar refractivity (Wildman–Crippen MR) is 105 cm³/mol. The third kappa shape index (κ3) is 4.74. The highest BCUT2D eigenvalue weighted by Crippen LogP contribution is 2.32. The van der Waals surface area contributed by atoms with Crippen molar-refractivity contribution in [1.29, 1.82) is 0 Å². The van der Waals surface area contributed by atoms with Gasteiger partial charge in [-0.25, -0.2) is 0 Å². The zero-order valence-corrected chi connectivity index (χ0v) is 15.8. The molecule has 27 heavy (non-hydrogen) atoms. The van der Waals surface area contributed by atoms with Crippen LogP contribution < -0.4 is 0 Å². The van der Waals surface area contributed by atoms with Crippen LogP contribution in [0.2, 0.25) is 0 Å². The smallest absolute Gasteiger partial charge is 0.0899 e. The number of piperidine rings is 1. The fraction of sp³-hybridized carbons (Fsp3) is 0.500. The van der Waals surface area contributed by atoms with E-state index in [9.17, 15) is 5.11 Å². The SMILES string of the molecule is OC1CCN(C[C@@H]2OCCN(Cc3cccnc3)[C@H]2c2ccccc2)CC1.